The zero-order valence-corrected chi connectivity index (χ0v) is 18.4. The highest BCUT2D eigenvalue weighted by Gasteiger charge is 2.22. The minimum absolute atomic E-state index is 0.160. The van der Waals surface area contributed by atoms with Gasteiger partial charge in [-0.2, -0.15) is 5.10 Å². The van der Waals surface area contributed by atoms with Crippen molar-refractivity contribution in [3.63, 3.8) is 0 Å². The fourth-order valence-electron chi connectivity index (χ4n) is 4.59. The van der Waals surface area contributed by atoms with E-state index in [1.54, 1.807) is 12.1 Å². The maximum absolute atomic E-state index is 13.2. The summed E-state index contributed by atoms with van der Waals surface area (Å²) < 4.78 is 15.1. The van der Waals surface area contributed by atoms with E-state index in [-0.39, 0.29) is 11.7 Å². The lowest BCUT2D eigenvalue weighted by atomic mass is 10.1. The molecule has 0 bridgehead atoms. The lowest BCUT2D eigenvalue weighted by Gasteiger charge is -2.36. The van der Waals surface area contributed by atoms with Gasteiger partial charge in [0.05, 0.1) is 5.52 Å². The van der Waals surface area contributed by atoms with Gasteiger partial charge in [0.15, 0.2) is 5.65 Å². The molecule has 1 saturated heterocycles. The van der Waals surface area contributed by atoms with Crippen LogP contribution in [0.25, 0.3) is 16.6 Å². The summed E-state index contributed by atoms with van der Waals surface area (Å²) in [6.07, 6.45) is 1.10. The predicted octanol–water partition coefficient (Wildman–Crippen LogP) is 3.92. The van der Waals surface area contributed by atoms with Gasteiger partial charge in [-0.25, -0.2) is 13.9 Å². The number of piperazine rings is 1. The number of benzene rings is 2. The van der Waals surface area contributed by atoms with Crippen LogP contribution in [0.2, 0.25) is 0 Å². The van der Waals surface area contributed by atoms with Gasteiger partial charge in [0.25, 0.3) is 0 Å². The van der Waals surface area contributed by atoms with Crippen LogP contribution in [0.15, 0.2) is 48.5 Å². The maximum atomic E-state index is 13.2. The number of aromatic nitrogens is 3. The van der Waals surface area contributed by atoms with Gasteiger partial charge in [0.2, 0.25) is 5.91 Å². The normalized spacial score (nSPS) is 14.5. The molecule has 32 heavy (non-hydrogen) atoms. The van der Waals surface area contributed by atoms with Gasteiger partial charge in [0, 0.05) is 55.1 Å². The molecule has 3 heterocycles. The lowest BCUT2D eigenvalue weighted by molar-refractivity contribution is -0.131. The average molecular weight is 432 g/mol. The second kappa shape index (κ2) is 8.22. The molecule has 4 aromatic rings. The summed E-state index contributed by atoms with van der Waals surface area (Å²) in [5.74, 6) is -0.0719. The van der Waals surface area contributed by atoms with Crippen molar-refractivity contribution in [2.75, 3.05) is 31.1 Å². The number of carbonyl (C=O) groups excluding carboxylic acids is 1. The summed E-state index contributed by atoms with van der Waals surface area (Å²) in [5, 5.41) is 5.75. The molecule has 5 rings (SSSR count). The Kier molecular flexibility index (Phi) is 5.25. The molecule has 164 valence electrons. The van der Waals surface area contributed by atoms with E-state index >= 15 is 0 Å². The van der Waals surface area contributed by atoms with E-state index in [0.29, 0.717) is 25.9 Å². The van der Waals surface area contributed by atoms with E-state index < -0.39 is 0 Å². The zero-order valence-electron chi connectivity index (χ0n) is 18.4. The first-order chi connectivity index (χ1) is 15.5. The SMILES string of the molecule is Cc1nc2c3ccccc3nn2c(C)c1CCC(=O)N1CCN(c2ccc(F)cc2)CC1. The molecule has 1 aliphatic heterocycles. The Bertz CT molecular complexity index is 1290. The van der Waals surface area contributed by atoms with E-state index in [9.17, 15) is 9.18 Å². The monoisotopic (exact) mass is 431 g/mol. The molecule has 0 radical (unpaired) electrons. The minimum Gasteiger partial charge on any atom is -0.368 e. The molecule has 0 aliphatic carbocycles. The summed E-state index contributed by atoms with van der Waals surface area (Å²) >= 11 is 0. The summed E-state index contributed by atoms with van der Waals surface area (Å²) in [6, 6.07) is 14.5. The topological polar surface area (TPSA) is 53.7 Å². The quantitative estimate of drug-likeness (QED) is 0.492. The molecular formula is C25H26FN5O. The molecule has 0 atom stereocenters. The first kappa shape index (κ1) is 20.4. The second-order valence-electron chi connectivity index (χ2n) is 8.36. The van der Waals surface area contributed by atoms with Crippen LogP contribution in [0.4, 0.5) is 10.1 Å². The van der Waals surface area contributed by atoms with E-state index in [1.807, 2.05) is 40.6 Å². The van der Waals surface area contributed by atoms with E-state index in [4.69, 9.17) is 10.1 Å². The number of aryl methyl sites for hydroxylation is 2. The number of carbonyl (C=O) groups is 1. The van der Waals surface area contributed by atoms with Crippen LogP contribution >= 0.6 is 0 Å². The van der Waals surface area contributed by atoms with Crippen molar-refractivity contribution in [2.24, 2.45) is 0 Å². The average Bonchev–Trinajstić information content (AvgIpc) is 3.18. The number of anilines is 1. The fourth-order valence-corrected chi connectivity index (χ4v) is 4.59. The Balaban J connectivity index is 1.26. The summed E-state index contributed by atoms with van der Waals surface area (Å²) in [6.45, 7) is 6.92. The molecule has 1 aliphatic rings. The van der Waals surface area contributed by atoms with Gasteiger partial charge in [-0.3, -0.25) is 4.79 Å². The van der Waals surface area contributed by atoms with Gasteiger partial charge < -0.3 is 9.80 Å². The van der Waals surface area contributed by atoms with Crippen LogP contribution in [0.5, 0.6) is 0 Å². The van der Waals surface area contributed by atoms with Crippen molar-refractivity contribution in [1.82, 2.24) is 19.5 Å². The zero-order chi connectivity index (χ0) is 22.2. The van der Waals surface area contributed by atoms with Gasteiger partial charge in [-0.1, -0.05) is 12.1 Å². The van der Waals surface area contributed by atoms with Crippen molar-refractivity contribution in [3.05, 3.63) is 71.3 Å². The number of hydrogen-bond donors (Lipinski definition) is 0. The van der Waals surface area contributed by atoms with Crippen molar-refractivity contribution in [1.29, 1.82) is 0 Å². The highest BCUT2D eigenvalue weighted by atomic mass is 19.1. The minimum atomic E-state index is -0.232. The molecule has 0 unspecified atom stereocenters. The van der Waals surface area contributed by atoms with Crippen LogP contribution < -0.4 is 4.90 Å². The summed E-state index contributed by atoms with van der Waals surface area (Å²) in [5.41, 5.74) is 5.86. The molecule has 7 heteroatoms. The molecule has 0 spiro atoms. The third-order valence-corrected chi connectivity index (χ3v) is 6.43. The van der Waals surface area contributed by atoms with E-state index in [0.717, 1.165) is 52.3 Å². The van der Waals surface area contributed by atoms with Gasteiger partial charge in [-0.15, -0.1) is 0 Å². The number of hydrogen-bond acceptors (Lipinski definition) is 4. The third kappa shape index (κ3) is 3.68. The van der Waals surface area contributed by atoms with Crippen molar-refractivity contribution in [3.8, 4) is 0 Å². The first-order valence-electron chi connectivity index (χ1n) is 11.0. The standard InChI is InChI=1S/C25H26FN5O/c1-17-21(18(2)31-25(27-17)22-5-3-4-6-23(22)28-31)11-12-24(32)30-15-13-29(14-16-30)20-9-7-19(26)8-10-20/h3-10H,11-16H2,1-2H3. The summed E-state index contributed by atoms with van der Waals surface area (Å²) in [7, 11) is 0. The van der Waals surface area contributed by atoms with Crippen molar-refractivity contribution >= 4 is 28.1 Å². The number of nitrogens with zero attached hydrogens (tertiary/aromatic N) is 5. The fraction of sp³-hybridized carbons (Fsp3) is 0.320. The van der Waals surface area contributed by atoms with Crippen LogP contribution in [-0.4, -0.2) is 51.6 Å². The molecular weight excluding hydrogens is 405 g/mol. The Labute approximate surface area is 186 Å². The second-order valence-corrected chi connectivity index (χ2v) is 8.36. The first-order valence-corrected chi connectivity index (χ1v) is 11.0. The molecule has 1 fully saturated rings. The number of fused-ring (bicyclic) bond motifs is 3. The van der Waals surface area contributed by atoms with Gasteiger partial charge >= 0.3 is 0 Å². The van der Waals surface area contributed by atoms with Gasteiger partial charge in [0.1, 0.15) is 5.82 Å². The smallest absolute Gasteiger partial charge is 0.223 e. The molecule has 0 saturated carbocycles. The van der Waals surface area contributed by atoms with E-state index in [1.165, 1.54) is 12.1 Å². The molecule has 1 amide bonds. The number of rotatable bonds is 4. The molecule has 2 aromatic carbocycles. The highest BCUT2D eigenvalue weighted by Crippen LogP contribution is 2.23. The Morgan fingerprint density at radius 2 is 1.72 bits per heavy atom. The van der Waals surface area contributed by atoms with Crippen molar-refractivity contribution < 1.29 is 9.18 Å². The predicted molar refractivity (Wildman–Crippen MR) is 123 cm³/mol. The number of amides is 1. The third-order valence-electron chi connectivity index (χ3n) is 6.43. The Morgan fingerprint density at radius 1 is 1.00 bits per heavy atom. The maximum Gasteiger partial charge on any atom is 0.223 e. The lowest BCUT2D eigenvalue weighted by Crippen LogP contribution is -2.48. The highest BCUT2D eigenvalue weighted by molar-refractivity contribution is 5.92. The Morgan fingerprint density at radius 3 is 2.47 bits per heavy atom. The number of halogens is 1. The summed E-state index contributed by atoms with van der Waals surface area (Å²) in [4.78, 5) is 21.8. The Hall–Kier alpha value is -3.48. The molecule has 2 aromatic heterocycles. The van der Waals surface area contributed by atoms with Crippen LogP contribution in [-0.2, 0) is 11.2 Å². The van der Waals surface area contributed by atoms with Gasteiger partial charge in [-0.05, 0) is 62.2 Å². The molecule has 0 N–H and O–H groups in total. The largest absolute Gasteiger partial charge is 0.368 e. The van der Waals surface area contributed by atoms with Crippen LogP contribution in [0.3, 0.4) is 0 Å². The van der Waals surface area contributed by atoms with Crippen molar-refractivity contribution in [2.45, 2.75) is 26.7 Å². The van der Waals surface area contributed by atoms with Crippen LogP contribution in [0, 0.1) is 19.7 Å². The van der Waals surface area contributed by atoms with E-state index in [2.05, 4.69) is 11.8 Å². The van der Waals surface area contributed by atoms with Crippen LogP contribution in [0.1, 0.15) is 23.4 Å². The molecule has 6 nitrogen and oxygen atoms in total.